The van der Waals surface area contributed by atoms with Gasteiger partial charge in [-0.2, -0.15) is 0 Å². The molecule has 3 heterocycles. The minimum absolute atomic E-state index is 0.201. The van der Waals surface area contributed by atoms with Crippen molar-refractivity contribution in [3.05, 3.63) is 77.1 Å². The molecule has 186 valence electrons. The molecule has 0 spiro atoms. The van der Waals surface area contributed by atoms with Crippen LogP contribution < -0.4 is 20.4 Å². The monoisotopic (exact) mass is 483 g/mol. The van der Waals surface area contributed by atoms with E-state index in [1.807, 2.05) is 38.1 Å². The van der Waals surface area contributed by atoms with E-state index in [0.29, 0.717) is 0 Å². The Morgan fingerprint density at radius 1 is 0.667 bits per heavy atom. The highest BCUT2D eigenvalue weighted by molar-refractivity contribution is 6.06. The number of hydrogen-bond donors (Lipinski definition) is 2. The van der Waals surface area contributed by atoms with E-state index in [-0.39, 0.29) is 23.2 Å². The maximum atomic E-state index is 12.9. The topological polar surface area (TPSA) is 77.6 Å². The van der Waals surface area contributed by atoms with Crippen molar-refractivity contribution >= 4 is 34.6 Å². The van der Waals surface area contributed by atoms with Gasteiger partial charge in [0.2, 0.25) is 0 Å². The van der Waals surface area contributed by atoms with E-state index in [1.165, 1.54) is 37.1 Å². The minimum atomic E-state index is -0.340. The van der Waals surface area contributed by atoms with Crippen LogP contribution in [-0.4, -0.2) is 43.0 Å². The molecule has 2 aromatic carbocycles. The molecular formula is C29H33N5O2. The van der Waals surface area contributed by atoms with Crippen LogP contribution in [0.2, 0.25) is 0 Å². The number of carbonyl (C=O) groups excluding carboxylic acids is 2. The number of amides is 2. The Hall–Kier alpha value is -3.87. The van der Waals surface area contributed by atoms with Gasteiger partial charge in [-0.25, -0.2) is 4.98 Å². The molecule has 0 unspecified atom stereocenters. The number of nitrogens with zero attached hydrogens (tertiary/aromatic N) is 3. The summed E-state index contributed by atoms with van der Waals surface area (Å²) in [7, 11) is 0. The first kappa shape index (κ1) is 23.9. The van der Waals surface area contributed by atoms with E-state index in [9.17, 15) is 9.59 Å². The van der Waals surface area contributed by atoms with Gasteiger partial charge in [-0.1, -0.05) is 6.07 Å². The molecule has 3 aromatic rings. The molecule has 36 heavy (non-hydrogen) atoms. The number of rotatable bonds is 6. The molecule has 0 atom stereocenters. The molecule has 2 aliphatic rings. The van der Waals surface area contributed by atoms with Crippen LogP contribution in [0, 0.1) is 13.8 Å². The Kier molecular flexibility index (Phi) is 6.89. The second-order valence-corrected chi connectivity index (χ2v) is 9.70. The van der Waals surface area contributed by atoms with Gasteiger partial charge in [0.25, 0.3) is 11.8 Å². The zero-order valence-electron chi connectivity index (χ0n) is 21.0. The molecule has 0 bridgehead atoms. The highest BCUT2D eigenvalue weighted by Crippen LogP contribution is 2.27. The summed E-state index contributed by atoms with van der Waals surface area (Å²) in [4.78, 5) is 35.0. The number of aromatic nitrogens is 1. The predicted octanol–water partition coefficient (Wildman–Crippen LogP) is 5.40. The number of aryl methyl sites for hydroxylation is 2. The molecule has 1 aromatic heterocycles. The molecule has 0 radical (unpaired) electrons. The maximum absolute atomic E-state index is 12.9. The first-order chi connectivity index (χ1) is 17.5. The lowest BCUT2D eigenvalue weighted by molar-refractivity contribution is 0.101. The molecule has 2 saturated heterocycles. The molecule has 0 saturated carbocycles. The lowest BCUT2D eigenvalue weighted by Crippen LogP contribution is -2.20. The van der Waals surface area contributed by atoms with Crippen LogP contribution in [0.1, 0.15) is 57.8 Å². The lowest BCUT2D eigenvalue weighted by Gasteiger charge is -2.19. The largest absolute Gasteiger partial charge is 0.372 e. The summed E-state index contributed by atoms with van der Waals surface area (Å²) in [5, 5.41) is 5.89. The second-order valence-electron chi connectivity index (χ2n) is 9.70. The zero-order chi connectivity index (χ0) is 25.1. The van der Waals surface area contributed by atoms with Crippen molar-refractivity contribution in [2.45, 2.75) is 39.5 Å². The molecule has 0 aliphatic carbocycles. The van der Waals surface area contributed by atoms with Gasteiger partial charge in [-0.15, -0.1) is 0 Å². The summed E-state index contributed by atoms with van der Waals surface area (Å²) in [5.74, 6) is -0.680. The van der Waals surface area contributed by atoms with Crippen molar-refractivity contribution in [3.8, 4) is 0 Å². The SMILES string of the molecule is Cc1cc(N2CCCC2)ccc1NC(=O)c1cccc(C(=O)Nc2ccc(N3CCCC3)cc2C)n1. The molecule has 7 nitrogen and oxygen atoms in total. The van der Waals surface area contributed by atoms with E-state index in [1.54, 1.807) is 18.2 Å². The Balaban J connectivity index is 1.25. The molecule has 2 fully saturated rings. The fourth-order valence-corrected chi connectivity index (χ4v) is 4.98. The van der Waals surface area contributed by atoms with E-state index in [0.717, 1.165) is 48.7 Å². The minimum Gasteiger partial charge on any atom is -0.372 e. The van der Waals surface area contributed by atoms with Crippen LogP contribution >= 0.6 is 0 Å². The third-order valence-corrected chi connectivity index (χ3v) is 7.07. The van der Waals surface area contributed by atoms with Crippen molar-refractivity contribution in [1.29, 1.82) is 0 Å². The Bertz CT molecular complexity index is 1180. The molecule has 2 N–H and O–H groups in total. The summed E-state index contributed by atoms with van der Waals surface area (Å²) >= 11 is 0. The molecule has 2 aliphatic heterocycles. The second kappa shape index (κ2) is 10.4. The van der Waals surface area contributed by atoms with Crippen molar-refractivity contribution in [3.63, 3.8) is 0 Å². The van der Waals surface area contributed by atoms with Crippen LogP contribution in [0.5, 0.6) is 0 Å². The van der Waals surface area contributed by atoms with Crippen LogP contribution in [0.4, 0.5) is 22.7 Å². The summed E-state index contributed by atoms with van der Waals surface area (Å²) in [6.07, 6.45) is 4.88. The summed E-state index contributed by atoms with van der Waals surface area (Å²) in [6.45, 7) is 8.28. The summed E-state index contributed by atoms with van der Waals surface area (Å²) < 4.78 is 0. The average molecular weight is 484 g/mol. The van der Waals surface area contributed by atoms with Crippen LogP contribution in [0.15, 0.2) is 54.6 Å². The van der Waals surface area contributed by atoms with Crippen LogP contribution in [-0.2, 0) is 0 Å². The predicted molar refractivity (Wildman–Crippen MR) is 145 cm³/mol. The van der Waals surface area contributed by atoms with Crippen molar-refractivity contribution < 1.29 is 9.59 Å². The molecule has 5 rings (SSSR count). The Labute approximate surface area is 212 Å². The first-order valence-corrected chi connectivity index (χ1v) is 12.8. The van der Waals surface area contributed by atoms with Gasteiger partial charge in [-0.3, -0.25) is 9.59 Å². The normalized spacial score (nSPS) is 15.3. The fraction of sp³-hybridized carbons (Fsp3) is 0.345. The van der Waals surface area contributed by atoms with Crippen molar-refractivity contribution in [2.24, 2.45) is 0 Å². The van der Waals surface area contributed by atoms with E-state index in [4.69, 9.17) is 0 Å². The highest BCUT2D eigenvalue weighted by atomic mass is 16.2. The van der Waals surface area contributed by atoms with Crippen molar-refractivity contribution in [1.82, 2.24) is 4.98 Å². The Morgan fingerprint density at radius 2 is 1.08 bits per heavy atom. The average Bonchev–Trinajstić information content (AvgIpc) is 3.61. The van der Waals surface area contributed by atoms with E-state index >= 15 is 0 Å². The Morgan fingerprint density at radius 3 is 1.47 bits per heavy atom. The van der Waals surface area contributed by atoms with Gasteiger partial charge in [0, 0.05) is 48.9 Å². The van der Waals surface area contributed by atoms with Gasteiger partial charge in [0.1, 0.15) is 11.4 Å². The fourth-order valence-electron chi connectivity index (χ4n) is 4.98. The lowest BCUT2D eigenvalue weighted by atomic mass is 10.1. The standard InChI is InChI=1S/C29H33N5O2/c1-20-18-22(33-14-3-4-15-33)10-12-24(20)31-28(35)26-8-7-9-27(30-26)29(36)32-25-13-11-23(19-21(25)2)34-16-5-6-17-34/h7-13,18-19H,3-6,14-17H2,1-2H3,(H,31,35)(H,32,36). The zero-order valence-corrected chi connectivity index (χ0v) is 21.0. The number of benzene rings is 2. The van der Waals surface area contributed by atoms with Crippen LogP contribution in [0.25, 0.3) is 0 Å². The highest BCUT2D eigenvalue weighted by Gasteiger charge is 2.17. The number of hydrogen-bond acceptors (Lipinski definition) is 5. The van der Waals surface area contributed by atoms with Gasteiger partial charge in [0.05, 0.1) is 0 Å². The smallest absolute Gasteiger partial charge is 0.274 e. The van der Waals surface area contributed by atoms with Gasteiger partial charge < -0.3 is 20.4 Å². The quantitative estimate of drug-likeness (QED) is 0.491. The number of pyridine rings is 1. The summed E-state index contributed by atoms with van der Waals surface area (Å²) in [5.41, 5.74) is 6.25. The maximum Gasteiger partial charge on any atom is 0.274 e. The van der Waals surface area contributed by atoms with Crippen molar-refractivity contribution in [2.75, 3.05) is 46.6 Å². The first-order valence-electron chi connectivity index (χ1n) is 12.8. The van der Waals surface area contributed by atoms with Crippen LogP contribution in [0.3, 0.4) is 0 Å². The molecule has 2 amide bonds. The third kappa shape index (κ3) is 5.20. The summed E-state index contributed by atoms with van der Waals surface area (Å²) in [6, 6.07) is 17.1. The van der Waals surface area contributed by atoms with E-state index in [2.05, 4.69) is 37.6 Å². The van der Waals surface area contributed by atoms with Gasteiger partial charge >= 0.3 is 0 Å². The van der Waals surface area contributed by atoms with E-state index < -0.39 is 0 Å². The number of carbonyl (C=O) groups is 2. The number of anilines is 4. The number of nitrogens with one attached hydrogen (secondary N) is 2. The van der Waals surface area contributed by atoms with Gasteiger partial charge in [0.15, 0.2) is 0 Å². The molecule has 7 heteroatoms. The van der Waals surface area contributed by atoms with Gasteiger partial charge in [-0.05, 0) is 99.2 Å². The molecular weight excluding hydrogens is 450 g/mol. The third-order valence-electron chi connectivity index (χ3n) is 7.07.